The minimum absolute atomic E-state index is 0.143. The van der Waals surface area contributed by atoms with Crippen molar-refractivity contribution in [3.05, 3.63) is 39.9 Å². The number of nitrogens with one attached hydrogen (secondary N) is 1. The summed E-state index contributed by atoms with van der Waals surface area (Å²) in [5, 5.41) is 13.9. The van der Waals surface area contributed by atoms with Crippen LogP contribution >= 0.6 is 0 Å². The van der Waals surface area contributed by atoms with Crippen LogP contribution in [0.25, 0.3) is 0 Å². The van der Waals surface area contributed by atoms with E-state index < -0.39 is 0 Å². The van der Waals surface area contributed by atoms with Gasteiger partial charge in [0.2, 0.25) is 0 Å². The van der Waals surface area contributed by atoms with Gasteiger partial charge in [0, 0.05) is 31.3 Å². The largest absolute Gasteiger partial charge is 0.311 e. The molecule has 0 bridgehead atoms. The molecule has 0 saturated carbocycles. The summed E-state index contributed by atoms with van der Waals surface area (Å²) in [5.41, 5.74) is 1.08. The number of non-ortho nitro benzene ring substituents is 1. The van der Waals surface area contributed by atoms with E-state index in [0.717, 1.165) is 12.1 Å². The lowest BCUT2D eigenvalue weighted by atomic mass is 10.2. The smallest absolute Gasteiger partial charge is 0.269 e. The summed E-state index contributed by atoms with van der Waals surface area (Å²) in [4.78, 5) is 12.4. The quantitative estimate of drug-likeness (QED) is 0.603. The Labute approximate surface area is 102 Å². The van der Waals surface area contributed by atoms with Crippen molar-refractivity contribution >= 4 is 5.69 Å². The Kier molecular flexibility index (Phi) is 5.06. The molecule has 1 aromatic rings. The highest BCUT2D eigenvalue weighted by molar-refractivity contribution is 5.34. The number of nitro groups is 1. The van der Waals surface area contributed by atoms with Crippen LogP contribution in [0.5, 0.6) is 0 Å². The van der Waals surface area contributed by atoms with Gasteiger partial charge in [-0.1, -0.05) is 12.1 Å². The van der Waals surface area contributed by atoms with Gasteiger partial charge in [-0.15, -0.1) is 0 Å². The predicted octanol–water partition coefficient (Wildman–Crippen LogP) is 1.63. The van der Waals surface area contributed by atoms with Crippen molar-refractivity contribution in [3.63, 3.8) is 0 Å². The third-order valence-corrected chi connectivity index (χ3v) is 2.77. The fourth-order valence-corrected chi connectivity index (χ4v) is 1.39. The van der Waals surface area contributed by atoms with E-state index in [-0.39, 0.29) is 10.6 Å². The van der Waals surface area contributed by atoms with Gasteiger partial charge in [-0.3, -0.25) is 10.1 Å². The molecule has 5 nitrogen and oxygen atoms in total. The third kappa shape index (κ3) is 4.50. The Morgan fingerprint density at radius 2 is 2.18 bits per heavy atom. The minimum Gasteiger partial charge on any atom is -0.311 e. The maximum absolute atomic E-state index is 10.6. The lowest BCUT2D eigenvalue weighted by Gasteiger charge is -2.20. The molecule has 1 atom stereocenters. The number of nitrogens with zero attached hydrogens (tertiary/aromatic N) is 2. The van der Waals surface area contributed by atoms with Crippen molar-refractivity contribution in [2.75, 3.05) is 20.6 Å². The third-order valence-electron chi connectivity index (χ3n) is 2.77. The zero-order valence-electron chi connectivity index (χ0n) is 10.5. The Morgan fingerprint density at radius 1 is 1.47 bits per heavy atom. The Morgan fingerprint density at radius 3 is 2.76 bits per heavy atom. The second-order valence-electron chi connectivity index (χ2n) is 4.37. The van der Waals surface area contributed by atoms with E-state index in [1.165, 1.54) is 6.07 Å². The van der Waals surface area contributed by atoms with Gasteiger partial charge in [0.25, 0.3) is 5.69 Å². The van der Waals surface area contributed by atoms with Crippen LogP contribution in [0.15, 0.2) is 24.3 Å². The summed E-state index contributed by atoms with van der Waals surface area (Å²) in [5.74, 6) is 0. The number of hydrogen-bond acceptors (Lipinski definition) is 4. The molecule has 1 aromatic carbocycles. The summed E-state index contributed by atoms with van der Waals surface area (Å²) >= 11 is 0. The average Bonchev–Trinajstić information content (AvgIpc) is 2.29. The first-order valence-corrected chi connectivity index (χ1v) is 5.61. The fourth-order valence-electron chi connectivity index (χ4n) is 1.39. The molecule has 0 spiro atoms. The molecule has 0 fully saturated rings. The topological polar surface area (TPSA) is 58.4 Å². The van der Waals surface area contributed by atoms with Crippen LogP contribution in [0, 0.1) is 10.1 Å². The highest BCUT2D eigenvalue weighted by atomic mass is 16.6. The molecule has 0 saturated heterocycles. The van der Waals surface area contributed by atoms with E-state index in [9.17, 15) is 10.1 Å². The zero-order chi connectivity index (χ0) is 12.8. The molecule has 94 valence electrons. The maximum atomic E-state index is 10.6. The molecule has 5 heteroatoms. The Hall–Kier alpha value is -1.46. The average molecular weight is 237 g/mol. The van der Waals surface area contributed by atoms with Crippen LogP contribution in [0.3, 0.4) is 0 Å². The first-order valence-electron chi connectivity index (χ1n) is 5.61. The Bertz CT molecular complexity index is 380. The number of likely N-dealkylation sites (N-methyl/N-ethyl adjacent to an activating group) is 1. The van der Waals surface area contributed by atoms with Gasteiger partial charge in [-0.05, 0) is 26.6 Å². The second kappa shape index (κ2) is 6.32. The van der Waals surface area contributed by atoms with Crippen LogP contribution in [0.4, 0.5) is 5.69 Å². The molecule has 0 aliphatic rings. The predicted molar refractivity (Wildman–Crippen MR) is 68.0 cm³/mol. The molecule has 1 unspecified atom stereocenters. The van der Waals surface area contributed by atoms with Crippen LogP contribution in [-0.4, -0.2) is 36.5 Å². The molecule has 1 rings (SSSR count). The standard InChI is InChI=1S/C12H19N3O2/c1-10(14(2)3)8-13-9-11-5-4-6-12(7-11)15(16)17/h4-7,10,13H,8-9H2,1-3H3. The van der Waals surface area contributed by atoms with Gasteiger partial charge >= 0.3 is 0 Å². The highest BCUT2D eigenvalue weighted by Crippen LogP contribution is 2.12. The second-order valence-corrected chi connectivity index (χ2v) is 4.37. The van der Waals surface area contributed by atoms with Gasteiger partial charge in [0.1, 0.15) is 0 Å². The SMILES string of the molecule is CC(CNCc1cccc([N+](=O)[O-])c1)N(C)C. The lowest BCUT2D eigenvalue weighted by Crippen LogP contribution is -2.35. The maximum Gasteiger partial charge on any atom is 0.269 e. The zero-order valence-corrected chi connectivity index (χ0v) is 10.5. The Balaban J connectivity index is 2.47. The normalized spacial score (nSPS) is 12.7. The number of hydrogen-bond donors (Lipinski definition) is 1. The van der Waals surface area contributed by atoms with Gasteiger partial charge in [0.15, 0.2) is 0 Å². The molecule has 0 radical (unpaired) electrons. The monoisotopic (exact) mass is 237 g/mol. The van der Waals surface area contributed by atoms with Gasteiger partial charge in [-0.2, -0.15) is 0 Å². The molecular weight excluding hydrogens is 218 g/mol. The van der Waals surface area contributed by atoms with Crippen molar-refractivity contribution in [1.82, 2.24) is 10.2 Å². The van der Waals surface area contributed by atoms with Crippen molar-refractivity contribution < 1.29 is 4.92 Å². The molecule has 0 heterocycles. The molecule has 17 heavy (non-hydrogen) atoms. The summed E-state index contributed by atoms with van der Waals surface area (Å²) in [6.07, 6.45) is 0. The summed E-state index contributed by atoms with van der Waals surface area (Å²) in [6.45, 7) is 3.63. The van der Waals surface area contributed by atoms with Gasteiger partial charge in [-0.25, -0.2) is 0 Å². The van der Waals surface area contributed by atoms with E-state index in [1.54, 1.807) is 12.1 Å². The highest BCUT2D eigenvalue weighted by Gasteiger charge is 2.06. The van der Waals surface area contributed by atoms with Gasteiger partial charge < -0.3 is 10.2 Å². The molecule has 0 aliphatic carbocycles. The molecule has 0 aromatic heterocycles. The van der Waals surface area contributed by atoms with Crippen LogP contribution in [-0.2, 0) is 6.54 Å². The fraction of sp³-hybridized carbons (Fsp3) is 0.500. The number of benzene rings is 1. The van der Waals surface area contributed by atoms with Crippen molar-refractivity contribution in [3.8, 4) is 0 Å². The minimum atomic E-state index is -0.369. The van der Waals surface area contributed by atoms with Crippen LogP contribution in [0.2, 0.25) is 0 Å². The first kappa shape index (κ1) is 13.6. The van der Waals surface area contributed by atoms with E-state index in [2.05, 4.69) is 17.1 Å². The first-order chi connectivity index (χ1) is 8.00. The van der Waals surface area contributed by atoms with Crippen molar-refractivity contribution in [2.45, 2.75) is 19.5 Å². The van der Waals surface area contributed by atoms with Gasteiger partial charge in [0.05, 0.1) is 4.92 Å². The van der Waals surface area contributed by atoms with Crippen molar-refractivity contribution in [1.29, 1.82) is 0 Å². The van der Waals surface area contributed by atoms with Crippen LogP contribution < -0.4 is 5.32 Å². The molecule has 1 N–H and O–H groups in total. The van der Waals surface area contributed by atoms with E-state index in [0.29, 0.717) is 12.6 Å². The summed E-state index contributed by atoms with van der Waals surface area (Å²) < 4.78 is 0. The van der Waals surface area contributed by atoms with Crippen molar-refractivity contribution in [2.24, 2.45) is 0 Å². The number of rotatable bonds is 6. The van der Waals surface area contributed by atoms with E-state index >= 15 is 0 Å². The molecular formula is C12H19N3O2. The summed E-state index contributed by atoms with van der Waals surface area (Å²) in [7, 11) is 4.05. The van der Waals surface area contributed by atoms with E-state index in [1.807, 2.05) is 20.2 Å². The molecule has 0 amide bonds. The molecule has 0 aliphatic heterocycles. The van der Waals surface area contributed by atoms with Crippen LogP contribution in [0.1, 0.15) is 12.5 Å². The lowest BCUT2D eigenvalue weighted by molar-refractivity contribution is -0.384. The van der Waals surface area contributed by atoms with E-state index in [4.69, 9.17) is 0 Å². The number of nitro benzene ring substituents is 1. The summed E-state index contributed by atoms with van der Waals surface area (Å²) in [6, 6.07) is 7.15.